The van der Waals surface area contributed by atoms with Crippen LogP contribution in [0.4, 0.5) is 11.4 Å². The molecule has 0 aliphatic carbocycles. The van der Waals surface area contributed by atoms with E-state index in [1.54, 1.807) is 24.4 Å². The second kappa shape index (κ2) is 8.88. The standard InChI is InChI=1S/C16H15ClN4O5/c17-12-5-4-10(7-14(12)21(25)26)20-15(22)8-13(16(23)24)19-9-11-3-1-2-6-18-11/h1-7,13,19H,8-9H2,(H,20,22)(H,23,24). The third-order valence-electron chi connectivity index (χ3n) is 3.37. The molecule has 0 saturated carbocycles. The number of benzene rings is 1. The van der Waals surface area contributed by atoms with E-state index in [2.05, 4.69) is 15.6 Å². The molecule has 0 bridgehead atoms. The van der Waals surface area contributed by atoms with Crippen LogP contribution in [-0.2, 0) is 16.1 Å². The first kappa shape index (κ1) is 19.3. The number of nitrogens with zero attached hydrogens (tertiary/aromatic N) is 2. The van der Waals surface area contributed by atoms with Gasteiger partial charge < -0.3 is 10.4 Å². The smallest absolute Gasteiger partial charge is 0.321 e. The first-order valence-corrected chi connectivity index (χ1v) is 7.84. The zero-order chi connectivity index (χ0) is 19.1. The van der Waals surface area contributed by atoms with E-state index in [4.69, 9.17) is 11.6 Å². The van der Waals surface area contributed by atoms with Gasteiger partial charge in [-0.2, -0.15) is 0 Å². The fraction of sp³-hybridized carbons (Fsp3) is 0.188. The molecule has 1 atom stereocenters. The van der Waals surface area contributed by atoms with Gasteiger partial charge in [0, 0.05) is 24.5 Å². The minimum Gasteiger partial charge on any atom is -0.480 e. The largest absolute Gasteiger partial charge is 0.480 e. The Labute approximate surface area is 153 Å². The number of carboxylic acid groups (broad SMARTS) is 1. The fourth-order valence-corrected chi connectivity index (χ4v) is 2.29. The number of halogens is 1. The third-order valence-corrected chi connectivity index (χ3v) is 3.69. The van der Waals surface area contributed by atoms with Gasteiger partial charge in [-0.05, 0) is 24.3 Å². The number of nitro benzene ring substituents is 1. The van der Waals surface area contributed by atoms with E-state index in [0.29, 0.717) is 5.69 Å². The van der Waals surface area contributed by atoms with Crippen molar-refractivity contribution in [3.8, 4) is 0 Å². The SMILES string of the molecule is O=C(CC(NCc1ccccn1)C(=O)O)Nc1ccc(Cl)c([N+](=O)[O-])c1. The fourth-order valence-electron chi connectivity index (χ4n) is 2.11. The van der Waals surface area contributed by atoms with Crippen molar-refractivity contribution >= 4 is 34.9 Å². The average Bonchev–Trinajstić information content (AvgIpc) is 2.60. The molecule has 9 nitrogen and oxygen atoms in total. The van der Waals surface area contributed by atoms with Gasteiger partial charge in [-0.1, -0.05) is 17.7 Å². The number of carbonyl (C=O) groups is 2. The van der Waals surface area contributed by atoms with Crippen molar-refractivity contribution in [2.45, 2.75) is 19.0 Å². The van der Waals surface area contributed by atoms with Gasteiger partial charge in [-0.3, -0.25) is 30.0 Å². The monoisotopic (exact) mass is 378 g/mol. The number of nitro groups is 1. The van der Waals surface area contributed by atoms with E-state index in [0.717, 1.165) is 6.07 Å². The van der Waals surface area contributed by atoms with Gasteiger partial charge >= 0.3 is 5.97 Å². The topological polar surface area (TPSA) is 134 Å². The van der Waals surface area contributed by atoms with Crippen LogP contribution in [0.2, 0.25) is 5.02 Å². The molecule has 1 amide bonds. The molecule has 10 heteroatoms. The third kappa shape index (κ3) is 5.50. The van der Waals surface area contributed by atoms with Crippen molar-refractivity contribution in [3.63, 3.8) is 0 Å². The zero-order valence-electron chi connectivity index (χ0n) is 13.4. The Morgan fingerprint density at radius 2 is 2.08 bits per heavy atom. The summed E-state index contributed by atoms with van der Waals surface area (Å²) in [5, 5.41) is 25.2. The van der Waals surface area contributed by atoms with Crippen molar-refractivity contribution in [1.29, 1.82) is 0 Å². The Kier molecular flexibility index (Phi) is 6.59. The number of aromatic nitrogens is 1. The van der Waals surface area contributed by atoms with E-state index in [1.807, 2.05) is 0 Å². The van der Waals surface area contributed by atoms with Gasteiger partial charge in [-0.15, -0.1) is 0 Å². The second-order valence-electron chi connectivity index (χ2n) is 5.27. The van der Waals surface area contributed by atoms with Gasteiger partial charge in [0.15, 0.2) is 0 Å². The molecule has 2 rings (SSSR count). The van der Waals surface area contributed by atoms with E-state index < -0.39 is 22.8 Å². The van der Waals surface area contributed by atoms with Crippen molar-refractivity contribution in [1.82, 2.24) is 10.3 Å². The van der Waals surface area contributed by atoms with Gasteiger partial charge in [-0.25, -0.2) is 0 Å². The summed E-state index contributed by atoms with van der Waals surface area (Å²) in [5.74, 6) is -1.80. The highest BCUT2D eigenvalue weighted by atomic mass is 35.5. The number of rotatable bonds is 8. The summed E-state index contributed by atoms with van der Waals surface area (Å²) < 4.78 is 0. The first-order chi connectivity index (χ1) is 12.4. The number of aliphatic carboxylic acids is 1. The maximum Gasteiger partial charge on any atom is 0.321 e. The van der Waals surface area contributed by atoms with Crippen molar-refractivity contribution in [3.05, 3.63) is 63.4 Å². The molecule has 0 aliphatic heterocycles. The summed E-state index contributed by atoms with van der Waals surface area (Å²) in [6, 6.07) is 7.86. The van der Waals surface area contributed by atoms with E-state index in [-0.39, 0.29) is 29.4 Å². The molecule has 0 saturated heterocycles. The highest BCUT2D eigenvalue weighted by Crippen LogP contribution is 2.27. The van der Waals surface area contributed by atoms with Crippen LogP contribution in [0.3, 0.4) is 0 Å². The highest BCUT2D eigenvalue weighted by Gasteiger charge is 2.21. The van der Waals surface area contributed by atoms with Crippen LogP contribution in [0.15, 0.2) is 42.6 Å². The number of hydrogen-bond donors (Lipinski definition) is 3. The van der Waals surface area contributed by atoms with E-state index in [9.17, 15) is 24.8 Å². The number of carboxylic acids is 1. The van der Waals surface area contributed by atoms with Gasteiger partial charge in [0.05, 0.1) is 17.0 Å². The Balaban J connectivity index is 1.98. The maximum atomic E-state index is 12.1. The first-order valence-electron chi connectivity index (χ1n) is 7.46. The van der Waals surface area contributed by atoms with Crippen molar-refractivity contribution < 1.29 is 19.6 Å². The molecule has 1 heterocycles. The van der Waals surface area contributed by atoms with Crippen LogP contribution in [0.1, 0.15) is 12.1 Å². The number of carbonyl (C=O) groups excluding carboxylic acids is 1. The summed E-state index contributed by atoms with van der Waals surface area (Å²) in [4.78, 5) is 37.6. The van der Waals surface area contributed by atoms with Gasteiger partial charge in [0.25, 0.3) is 5.69 Å². The summed E-state index contributed by atoms with van der Waals surface area (Å²) in [7, 11) is 0. The number of amides is 1. The second-order valence-corrected chi connectivity index (χ2v) is 5.68. The van der Waals surface area contributed by atoms with Crippen LogP contribution in [0.25, 0.3) is 0 Å². The molecule has 3 N–H and O–H groups in total. The Morgan fingerprint density at radius 1 is 1.31 bits per heavy atom. The van der Waals surface area contributed by atoms with Crippen molar-refractivity contribution in [2.75, 3.05) is 5.32 Å². The lowest BCUT2D eigenvalue weighted by Gasteiger charge is -2.14. The summed E-state index contributed by atoms with van der Waals surface area (Å²) in [6.07, 6.45) is 1.21. The van der Waals surface area contributed by atoms with Gasteiger partial charge in [0.2, 0.25) is 5.91 Å². The Bertz CT molecular complexity index is 816. The molecule has 0 aliphatic rings. The van der Waals surface area contributed by atoms with Crippen molar-refractivity contribution in [2.24, 2.45) is 0 Å². The molecular formula is C16H15ClN4O5. The Hall–Kier alpha value is -3.04. The lowest BCUT2D eigenvalue weighted by molar-refractivity contribution is -0.384. The predicted molar refractivity (Wildman–Crippen MR) is 93.9 cm³/mol. The summed E-state index contributed by atoms with van der Waals surface area (Å²) in [5.41, 5.74) is 0.431. The normalized spacial score (nSPS) is 11.6. The molecule has 1 aromatic carbocycles. The molecule has 1 unspecified atom stereocenters. The summed E-state index contributed by atoms with van der Waals surface area (Å²) >= 11 is 5.71. The molecule has 136 valence electrons. The van der Waals surface area contributed by atoms with Crippen LogP contribution < -0.4 is 10.6 Å². The van der Waals surface area contributed by atoms with E-state index in [1.165, 1.54) is 12.1 Å². The van der Waals surface area contributed by atoms with Crippen LogP contribution >= 0.6 is 11.6 Å². The lowest BCUT2D eigenvalue weighted by atomic mass is 10.2. The molecule has 26 heavy (non-hydrogen) atoms. The van der Waals surface area contributed by atoms with E-state index >= 15 is 0 Å². The molecule has 0 radical (unpaired) electrons. The predicted octanol–water partition coefficient (Wildman–Crippen LogP) is 2.21. The van der Waals surface area contributed by atoms with Gasteiger partial charge in [0.1, 0.15) is 11.1 Å². The zero-order valence-corrected chi connectivity index (χ0v) is 14.1. The van der Waals surface area contributed by atoms with Crippen LogP contribution in [-0.4, -0.2) is 32.9 Å². The lowest BCUT2D eigenvalue weighted by Crippen LogP contribution is -2.39. The quantitative estimate of drug-likeness (QED) is 0.473. The summed E-state index contributed by atoms with van der Waals surface area (Å²) in [6.45, 7) is 0.178. The Morgan fingerprint density at radius 3 is 2.69 bits per heavy atom. The number of anilines is 1. The molecule has 1 aromatic heterocycles. The average molecular weight is 379 g/mol. The molecule has 0 spiro atoms. The highest BCUT2D eigenvalue weighted by molar-refractivity contribution is 6.32. The number of hydrogen-bond acceptors (Lipinski definition) is 6. The molecule has 0 fully saturated rings. The molecular weight excluding hydrogens is 364 g/mol. The number of pyridine rings is 1. The molecule has 2 aromatic rings. The minimum absolute atomic E-state index is 0.0616. The number of nitrogens with one attached hydrogen (secondary N) is 2. The minimum atomic E-state index is -1.20. The van der Waals surface area contributed by atoms with Crippen LogP contribution in [0, 0.1) is 10.1 Å². The maximum absolute atomic E-state index is 12.1. The van der Waals surface area contributed by atoms with Crippen LogP contribution in [0.5, 0.6) is 0 Å².